The van der Waals surface area contributed by atoms with Crippen molar-refractivity contribution in [3.63, 3.8) is 0 Å². The Morgan fingerprint density at radius 2 is 1.72 bits per heavy atom. The molecular formula is C15H21NOS. The Morgan fingerprint density at radius 1 is 1.00 bits per heavy atom. The van der Waals surface area contributed by atoms with E-state index in [1.54, 1.807) is 0 Å². The van der Waals surface area contributed by atoms with E-state index in [-0.39, 0.29) is 0 Å². The molecule has 2 saturated carbocycles. The highest BCUT2D eigenvalue weighted by atomic mass is 32.1. The minimum absolute atomic E-state index is 0.439. The molecule has 1 aromatic rings. The first-order valence-corrected chi connectivity index (χ1v) is 8.18. The van der Waals surface area contributed by atoms with E-state index in [0.717, 1.165) is 31.6 Å². The predicted molar refractivity (Wildman–Crippen MR) is 74.2 cm³/mol. The van der Waals surface area contributed by atoms with Crippen molar-refractivity contribution in [3.05, 3.63) is 16.1 Å². The first-order chi connectivity index (χ1) is 8.83. The van der Waals surface area contributed by atoms with Gasteiger partial charge in [-0.2, -0.15) is 0 Å². The Bertz CT molecular complexity index is 410. The second kappa shape index (κ2) is 5.52. The van der Waals surface area contributed by atoms with Gasteiger partial charge in [-0.3, -0.25) is 4.79 Å². The molecule has 0 aromatic carbocycles. The molecule has 2 nitrogen and oxygen atoms in total. The highest BCUT2D eigenvalue weighted by molar-refractivity contribution is 7.09. The highest BCUT2D eigenvalue weighted by Crippen LogP contribution is 2.37. The molecule has 0 N–H and O–H groups in total. The standard InChI is InChI=1S/C15H21NOS/c17-13-8-6-11(7-9-13)14-10-18-15(16-14)12-4-2-1-3-5-12/h10-12H,1-9H2. The number of rotatable bonds is 2. The first kappa shape index (κ1) is 12.3. The topological polar surface area (TPSA) is 30.0 Å². The van der Waals surface area contributed by atoms with Crippen LogP contribution in [0.5, 0.6) is 0 Å². The molecule has 3 rings (SSSR count). The summed E-state index contributed by atoms with van der Waals surface area (Å²) in [5.41, 5.74) is 1.27. The molecule has 3 heteroatoms. The molecule has 0 aliphatic heterocycles. The molecule has 2 fully saturated rings. The molecule has 0 amide bonds. The van der Waals surface area contributed by atoms with E-state index in [1.165, 1.54) is 42.8 Å². The lowest BCUT2D eigenvalue weighted by atomic mass is 9.86. The van der Waals surface area contributed by atoms with Crippen molar-refractivity contribution in [1.82, 2.24) is 4.98 Å². The zero-order valence-corrected chi connectivity index (χ0v) is 11.7. The van der Waals surface area contributed by atoms with Gasteiger partial charge in [0.2, 0.25) is 0 Å². The zero-order chi connectivity index (χ0) is 12.4. The average Bonchev–Trinajstić information content (AvgIpc) is 2.90. The Hall–Kier alpha value is -0.700. The van der Waals surface area contributed by atoms with E-state index in [4.69, 9.17) is 4.98 Å². The largest absolute Gasteiger partial charge is 0.300 e. The molecular weight excluding hydrogens is 242 g/mol. The van der Waals surface area contributed by atoms with Crippen LogP contribution in [0.25, 0.3) is 0 Å². The first-order valence-electron chi connectivity index (χ1n) is 7.30. The number of aromatic nitrogens is 1. The average molecular weight is 263 g/mol. The van der Waals surface area contributed by atoms with Crippen molar-refractivity contribution in [2.24, 2.45) is 0 Å². The minimum atomic E-state index is 0.439. The Balaban J connectivity index is 1.67. The molecule has 18 heavy (non-hydrogen) atoms. The van der Waals surface area contributed by atoms with Crippen molar-refractivity contribution >= 4 is 17.1 Å². The number of hydrogen-bond acceptors (Lipinski definition) is 3. The van der Waals surface area contributed by atoms with Gasteiger partial charge in [0, 0.05) is 30.1 Å². The number of Topliss-reactive ketones (excluding diaryl/α,β-unsaturated/α-hetero) is 1. The molecule has 0 spiro atoms. The van der Waals surface area contributed by atoms with Gasteiger partial charge in [0.1, 0.15) is 5.78 Å². The lowest BCUT2D eigenvalue weighted by molar-refractivity contribution is -0.120. The molecule has 1 aromatic heterocycles. The van der Waals surface area contributed by atoms with Crippen molar-refractivity contribution < 1.29 is 4.79 Å². The third-order valence-electron chi connectivity index (χ3n) is 4.46. The third kappa shape index (κ3) is 2.66. The molecule has 0 bridgehead atoms. The van der Waals surface area contributed by atoms with Crippen LogP contribution in [0.4, 0.5) is 0 Å². The Morgan fingerprint density at radius 3 is 2.44 bits per heavy atom. The number of carbonyl (C=O) groups is 1. The molecule has 2 aliphatic rings. The fourth-order valence-corrected chi connectivity index (χ4v) is 4.33. The third-order valence-corrected chi connectivity index (χ3v) is 5.48. The fraction of sp³-hybridized carbons (Fsp3) is 0.733. The predicted octanol–water partition coefficient (Wildman–Crippen LogP) is 4.42. The second-order valence-electron chi connectivity index (χ2n) is 5.76. The summed E-state index contributed by atoms with van der Waals surface area (Å²) >= 11 is 1.85. The maximum absolute atomic E-state index is 11.3. The van der Waals surface area contributed by atoms with Gasteiger partial charge in [0.05, 0.1) is 10.7 Å². The summed E-state index contributed by atoms with van der Waals surface area (Å²) in [6.45, 7) is 0. The van der Waals surface area contributed by atoms with Crippen molar-refractivity contribution in [2.75, 3.05) is 0 Å². The summed E-state index contributed by atoms with van der Waals surface area (Å²) in [4.78, 5) is 16.2. The maximum Gasteiger partial charge on any atom is 0.132 e. The second-order valence-corrected chi connectivity index (χ2v) is 6.65. The number of carbonyl (C=O) groups excluding carboxylic acids is 1. The molecule has 98 valence electrons. The lowest BCUT2D eigenvalue weighted by Crippen LogP contribution is -2.13. The summed E-state index contributed by atoms with van der Waals surface area (Å²) in [6, 6.07) is 0. The van der Waals surface area contributed by atoms with Gasteiger partial charge in [-0.15, -0.1) is 11.3 Å². The van der Waals surface area contributed by atoms with Crippen LogP contribution in [0.2, 0.25) is 0 Å². The van der Waals surface area contributed by atoms with Gasteiger partial charge < -0.3 is 0 Å². The smallest absolute Gasteiger partial charge is 0.132 e. The number of nitrogens with zero attached hydrogens (tertiary/aromatic N) is 1. The van der Waals surface area contributed by atoms with Gasteiger partial charge in [0.25, 0.3) is 0 Å². The molecule has 2 aliphatic carbocycles. The molecule has 0 atom stereocenters. The van der Waals surface area contributed by atoms with Crippen molar-refractivity contribution in [2.45, 2.75) is 69.6 Å². The van der Waals surface area contributed by atoms with Crippen LogP contribution in [0.15, 0.2) is 5.38 Å². The Kier molecular flexibility index (Phi) is 3.78. The van der Waals surface area contributed by atoms with Crippen LogP contribution in [-0.2, 0) is 4.79 Å². The van der Waals surface area contributed by atoms with E-state index in [1.807, 2.05) is 11.3 Å². The van der Waals surface area contributed by atoms with Gasteiger partial charge >= 0.3 is 0 Å². The Labute approximate surface area is 113 Å². The van der Waals surface area contributed by atoms with Crippen molar-refractivity contribution in [3.8, 4) is 0 Å². The number of thiazole rings is 1. The van der Waals surface area contributed by atoms with Crippen LogP contribution >= 0.6 is 11.3 Å². The SMILES string of the molecule is O=C1CCC(c2csc(C3CCCCC3)n2)CC1. The van der Waals surface area contributed by atoms with Gasteiger partial charge in [-0.1, -0.05) is 19.3 Å². The monoisotopic (exact) mass is 263 g/mol. The van der Waals surface area contributed by atoms with E-state index in [0.29, 0.717) is 11.7 Å². The van der Waals surface area contributed by atoms with Crippen LogP contribution in [-0.4, -0.2) is 10.8 Å². The van der Waals surface area contributed by atoms with E-state index >= 15 is 0 Å². The van der Waals surface area contributed by atoms with Gasteiger partial charge in [-0.25, -0.2) is 4.98 Å². The van der Waals surface area contributed by atoms with Crippen LogP contribution in [0.3, 0.4) is 0 Å². The molecule has 0 unspecified atom stereocenters. The maximum atomic E-state index is 11.3. The highest BCUT2D eigenvalue weighted by Gasteiger charge is 2.24. The zero-order valence-electron chi connectivity index (χ0n) is 10.9. The quantitative estimate of drug-likeness (QED) is 0.790. The van der Waals surface area contributed by atoms with Gasteiger partial charge in [0.15, 0.2) is 0 Å². The molecule has 0 radical (unpaired) electrons. The van der Waals surface area contributed by atoms with E-state index < -0.39 is 0 Å². The summed E-state index contributed by atoms with van der Waals surface area (Å²) in [7, 11) is 0. The summed E-state index contributed by atoms with van der Waals surface area (Å²) in [5.74, 6) is 1.72. The normalized spacial score (nSPS) is 23.4. The van der Waals surface area contributed by atoms with Crippen molar-refractivity contribution in [1.29, 1.82) is 0 Å². The van der Waals surface area contributed by atoms with Crippen LogP contribution < -0.4 is 0 Å². The van der Waals surface area contributed by atoms with E-state index in [2.05, 4.69) is 5.38 Å². The lowest BCUT2D eigenvalue weighted by Gasteiger charge is -2.20. The summed E-state index contributed by atoms with van der Waals surface area (Å²) in [6.07, 6.45) is 10.4. The fourth-order valence-electron chi connectivity index (χ4n) is 3.26. The summed E-state index contributed by atoms with van der Waals surface area (Å²) < 4.78 is 0. The number of hydrogen-bond donors (Lipinski definition) is 0. The summed E-state index contributed by atoms with van der Waals surface area (Å²) in [5, 5.41) is 3.62. The molecule has 0 saturated heterocycles. The van der Waals surface area contributed by atoms with Gasteiger partial charge in [-0.05, 0) is 25.7 Å². The molecule has 1 heterocycles. The minimum Gasteiger partial charge on any atom is -0.300 e. The number of ketones is 1. The van der Waals surface area contributed by atoms with E-state index in [9.17, 15) is 4.79 Å². The van der Waals surface area contributed by atoms with Crippen LogP contribution in [0.1, 0.15) is 80.3 Å². The van der Waals surface area contributed by atoms with Crippen LogP contribution in [0, 0.1) is 0 Å².